The molecule has 2 heteroatoms. The van der Waals surface area contributed by atoms with Gasteiger partial charge in [0.05, 0.1) is 12.7 Å². The molecular weight excluding hydrogens is 356 g/mol. The summed E-state index contributed by atoms with van der Waals surface area (Å²) in [6.45, 7) is 5.58. The molecular formula is C27H56O2. The van der Waals surface area contributed by atoms with Crippen LogP contribution < -0.4 is 0 Å². The monoisotopic (exact) mass is 412 g/mol. The molecule has 0 aromatic rings. The molecule has 0 heterocycles. The quantitative estimate of drug-likeness (QED) is 0.152. The molecule has 0 rings (SSSR count). The maximum Gasteiger partial charge on any atom is 0.0805 e. The maximum absolute atomic E-state index is 9.52. The van der Waals surface area contributed by atoms with E-state index in [4.69, 9.17) is 4.74 Å². The van der Waals surface area contributed by atoms with Crippen LogP contribution in [-0.2, 0) is 4.74 Å². The molecule has 29 heavy (non-hydrogen) atoms. The zero-order chi connectivity index (χ0) is 21.3. The first kappa shape index (κ1) is 28.9. The minimum absolute atomic E-state index is 0.0762. The molecule has 0 aromatic carbocycles. The number of ether oxygens (including phenoxy) is 1. The van der Waals surface area contributed by atoms with Gasteiger partial charge in [-0.3, -0.25) is 0 Å². The van der Waals surface area contributed by atoms with E-state index in [1.807, 2.05) is 0 Å². The van der Waals surface area contributed by atoms with E-state index in [9.17, 15) is 5.11 Å². The lowest BCUT2D eigenvalue weighted by Crippen LogP contribution is -2.18. The largest absolute Gasteiger partial charge is 0.394 e. The molecule has 0 aromatic heterocycles. The summed E-state index contributed by atoms with van der Waals surface area (Å²) in [5, 5.41) is 9.52. The number of hydrogen-bond acceptors (Lipinski definition) is 2. The summed E-state index contributed by atoms with van der Waals surface area (Å²) in [7, 11) is 0. The lowest BCUT2D eigenvalue weighted by Gasteiger charge is -2.15. The van der Waals surface area contributed by atoms with Crippen molar-refractivity contribution in [3.05, 3.63) is 0 Å². The molecule has 0 aliphatic rings. The van der Waals surface area contributed by atoms with Crippen molar-refractivity contribution in [3.8, 4) is 0 Å². The van der Waals surface area contributed by atoms with E-state index in [0.717, 1.165) is 19.4 Å². The molecule has 0 aliphatic carbocycles. The number of rotatable bonds is 25. The normalized spacial score (nSPS) is 12.5. The van der Waals surface area contributed by atoms with Gasteiger partial charge in [0.25, 0.3) is 0 Å². The van der Waals surface area contributed by atoms with Gasteiger partial charge in [-0.1, -0.05) is 142 Å². The van der Waals surface area contributed by atoms with Gasteiger partial charge in [0.2, 0.25) is 0 Å². The molecule has 0 amide bonds. The van der Waals surface area contributed by atoms with Gasteiger partial charge in [0, 0.05) is 6.61 Å². The van der Waals surface area contributed by atoms with Gasteiger partial charge in [-0.2, -0.15) is 0 Å². The van der Waals surface area contributed by atoms with E-state index < -0.39 is 0 Å². The summed E-state index contributed by atoms with van der Waals surface area (Å²) in [5.41, 5.74) is 0. The van der Waals surface area contributed by atoms with E-state index in [1.165, 1.54) is 128 Å². The predicted molar refractivity (Wildman–Crippen MR) is 130 cm³/mol. The Kier molecular flexibility index (Phi) is 25.9. The van der Waals surface area contributed by atoms with Crippen molar-refractivity contribution in [1.29, 1.82) is 0 Å². The van der Waals surface area contributed by atoms with Crippen LogP contribution in [0.2, 0.25) is 0 Å². The summed E-state index contributed by atoms with van der Waals surface area (Å²) >= 11 is 0. The van der Waals surface area contributed by atoms with Crippen LogP contribution in [0.3, 0.4) is 0 Å². The van der Waals surface area contributed by atoms with E-state index >= 15 is 0 Å². The van der Waals surface area contributed by atoms with Gasteiger partial charge in [0.15, 0.2) is 0 Å². The molecule has 2 nitrogen and oxygen atoms in total. The Bertz CT molecular complexity index is 280. The summed E-state index contributed by atoms with van der Waals surface area (Å²) in [5.74, 6) is 0. The molecule has 1 N–H and O–H groups in total. The van der Waals surface area contributed by atoms with Crippen molar-refractivity contribution in [1.82, 2.24) is 0 Å². The summed E-state index contributed by atoms with van der Waals surface area (Å²) in [4.78, 5) is 0. The number of unbranched alkanes of at least 4 members (excludes halogenated alkanes) is 19. The highest BCUT2D eigenvalue weighted by atomic mass is 16.5. The van der Waals surface area contributed by atoms with Gasteiger partial charge in [0.1, 0.15) is 0 Å². The third kappa shape index (κ3) is 24.1. The highest BCUT2D eigenvalue weighted by Crippen LogP contribution is 2.14. The SMILES string of the molecule is CCCCCCCCCCCCCCCC(CO)OCCCCCCCCCC. The fourth-order valence-corrected chi connectivity index (χ4v) is 4.10. The Morgan fingerprint density at radius 1 is 0.483 bits per heavy atom. The lowest BCUT2D eigenvalue weighted by atomic mass is 10.0. The smallest absolute Gasteiger partial charge is 0.0805 e. The highest BCUT2D eigenvalue weighted by Gasteiger charge is 2.07. The van der Waals surface area contributed by atoms with Crippen molar-refractivity contribution < 1.29 is 9.84 Å². The Balaban J connectivity index is 3.26. The first-order valence-electron chi connectivity index (χ1n) is 13.6. The molecule has 0 spiro atoms. The Labute approximate surface area is 184 Å². The highest BCUT2D eigenvalue weighted by molar-refractivity contribution is 4.58. The molecule has 0 bridgehead atoms. The first-order valence-corrected chi connectivity index (χ1v) is 13.6. The van der Waals surface area contributed by atoms with Crippen molar-refractivity contribution in [2.45, 2.75) is 161 Å². The van der Waals surface area contributed by atoms with Crippen LogP contribution in [-0.4, -0.2) is 24.4 Å². The van der Waals surface area contributed by atoms with Crippen molar-refractivity contribution in [2.75, 3.05) is 13.2 Å². The third-order valence-electron chi connectivity index (χ3n) is 6.18. The van der Waals surface area contributed by atoms with Crippen LogP contribution in [0.5, 0.6) is 0 Å². The third-order valence-corrected chi connectivity index (χ3v) is 6.18. The van der Waals surface area contributed by atoms with Crippen LogP contribution in [0.25, 0.3) is 0 Å². The van der Waals surface area contributed by atoms with E-state index in [0.29, 0.717) is 0 Å². The summed E-state index contributed by atoms with van der Waals surface area (Å²) in [6.07, 6.45) is 29.8. The zero-order valence-electron chi connectivity index (χ0n) is 20.4. The van der Waals surface area contributed by atoms with Gasteiger partial charge in [-0.25, -0.2) is 0 Å². The minimum atomic E-state index is 0.0762. The number of aliphatic hydroxyl groups excluding tert-OH is 1. The van der Waals surface area contributed by atoms with Gasteiger partial charge in [-0.05, 0) is 12.8 Å². The van der Waals surface area contributed by atoms with Crippen LogP contribution in [0.4, 0.5) is 0 Å². The summed E-state index contributed by atoms with van der Waals surface area (Å²) < 4.78 is 5.89. The fourth-order valence-electron chi connectivity index (χ4n) is 4.10. The predicted octanol–water partition coefficient (Wildman–Crippen LogP) is 8.99. The molecule has 0 aliphatic heterocycles. The molecule has 0 fully saturated rings. The zero-order valence-corrected chi connectivity index (χ0v) is 20.4. The molecule has 1 unspecified atom stereocenters. The molecule has 0 radical (unpaired) electrons. The second-order valence-corrected chi connectivity index (χ2v) is 9.18. The summed E-state index contributed by atoms with van der Waals surface area (Å²) in [6, 6.07) is 0. The van der Waals surface area contributed by atoms with Crippen LogP contribution in [0, 0.1) is 0 Å². The van der Waals surface area contributed by atoms with Crippen molar-refractivity contribution in [2.24, 2.45) is 0 Å². The molecule has 0 saturated carbocycles. The molecule has 0 saturated heterocycles. The standard InChI is InChI=1S/C27H56O2/c1-3-5-7-9-11-13-14-15-16-17-18-20-22-24-27(26-28)29-25-23-21-19-12-10-8-6-4-2/h27-28H,3-26H2,1-2H3. The minimum Gasteiger partial charge on any atom is -0.394 e. The maximum atomic E-state index is 9.52. The van der Waals surface area contributed by atoms with Crippen LogP contribution in [0.1, 0.15) is 155 Å². The van der Waals surface area contributed by atoms with E-state index in [2.05, 4.69) is 13.8 Å². The first-order chi connectivity index (χ1) is 14.3. The van der Waals surface area contributed by atoms with E-state index in [1.54, 1.807) is 0 Å². The van der Waals surface area contributed by atoms with Crippen molar-refractivity contribution >= 4 is 0 Å². The number of aliphatic hydroxyl groups is 1. The Hall–Kier alpha value is -0.0800. The topological polar surface area (TPSA) is 29.5 Å². The van der Waals surface area contributed by atoms with Gasteiger partial charge in [-0.15, -0.1) is 0 Å². The average Bonchev–Trinajstić information content (AvgIpc) is 2.74. The fraction of sp³-hybridized carbons (Fsp3) is 1.00. The van der Waals surface area contributed by atoms with Crippen LogP contribution >= 0.6 is 0 Å². The van der Waals surface area contributed by atoms with Crippen LogP contribution in [0.15, 0.2) is 0 Å². The van der Waals surface area contributed by atoms with Gasteiger partial charge >= 0.3 is 0 Å². The second kappa shape index (κ2) is 26.0. The second-order valence-electron chi connectivity index (χ2n) is 9.18. The Morgan fingerprint density at radius 2 is 0.828 bits per heavy atom. The average molecular weight is 413 g/mol. The molecule has 176 valence electrons. The number of hydrogen-bond donors (Lipinski definition) is 1. The molecule has 1 atom stereocenters. The van der Waals surface area contributed by atoms with E-state index in [-0.39, 0.29) is 12.7 Å². The van der Waals surface area contributed by atoms with Gasteiger partial charge < -0.3 is 9.84 Å². The Morgan fingerprint density at radius 3 is 1.21 bits per heavy atom. The lowest BCUT2D eigenvalue weighted by molar-refractivity contribution is 0.00497. The van der Waals surface area contributed by atoms with Crippen molar-refractivity contribution in [3.63, 3.8) is 0 Å².